The van der Waals surface area contributed by atoms with Gasteiger partial charge in [0.05, 0.1) is 11.9 Å². The molecule has 1 aliphatic rings. The lowest BCUT2D eigenvalue weighted by atomic mass is 10.1. The maximum Gasteiger partial charge on any atom is 0.138 e. The number of nitrogens with one attached hydrogen (secondary N) is 1. The van der Waals surface area contributed by atoms with Crippen LogP contribution in [0.3, 0.4) is 0 Å². The first-order chi connectivity index (χ1) is 10.8. The van der Waals surface area contributed by atoms with Crippen LogP contribution < -0.4 is 10.1 Å². The van der Waals surface area contributed by atoms with Crippen molar-refractivity contribution in [2.75, 3.05) is 19.8 Å². The summed E-state index contributed by atoms with van der Waals surface area (Å²) in [4.78, 5) is 8.87. The number of rotatable bonds is 7. The van der Waals surface area contributed by atoms with Gasteiger partial charge in [-0.1, -0.05) is 6.07 Å². The first kappa shape index (κ1) is 14.9. The lowest BCUT2D eigenvalue weighted by molar-refractivity contribution is 0.217. The van der Waals surface area contributed by atoms with Gasteiger partial charge in [0, 0.05) is 30.1 Å². The van der Waals surface area contributed by atoms with Gasteiger partial charge in [-0.3, -0.25) is 9.97 Å². The van der Waals surface area contributed by atoms with E-state index in [1.807, 2.05) is 24.3 Å². The summed E-state index contributed by atoms with van der Waals surface area (Å²) in [6.45, 7) is 1.94. The summed E-state index contributed by atoms with van der Waals surface area (Å²) in [7, 11) is 0. The van der Waals surface area contributed by atoms with E-state index >= 15 is 0 Å². The second-order valence-electron chi connectivity index (χ2n) is 5.50. The summed E-state index contributed by atoms with van der Waals surface area (Å²) < 4.78 is 5.78. The highest BCUT2D eigenvalue weighted by Crippen LogP contribution is 2.22. The average molecular weight is 299 g/mol. The lowest BCUT2D eigenvalue weighted by Gasteiger charge is -2.27. The fourth-order valence-electron chi connectivity index (χ4n) is 2.37. The van der Waals surface area contributed by atoms with Crippen molar-refractivity contribution in [3.63, 3.8) is 0 Å². The van der Waals surface area contributed by atoms with Gasteiger partial charge < -0.3 is 15.2 Å². The Balaban J connectivity index is 1.70. The first-order valence-electron chi connectivity index (χ1n) is 7.73. The Morgan fingerprint density at radius 1 is 1.32 bits per heavy atom. The second kappa shape index (κ2) is 7.33. The molecule has 5 heteroatoms. The van der Waals surface area contributed by atoms with Gasteiger partial charge in [-0.05, 0) is 44.0 Å². The topological polar surface area (TPSA) is 67.3 Å². The molecule has 0 saturated carbocycles. The number of ether oxygens (including phenoxy) is 1. The zero-order valence-electron chi connectivity index (χ0n) is 12.5. The molecule has 2 N–H and O–H groups in total. The minimum Gasteiger partial charge on any atom is -0.490 e. The summed E-state index contributed by atoms with van der Waals surface area (Å²) in [6, 6.07) is 8.37. The number of aryl methyl sites for hydroxylation is 1. The first-order valence-corrected chi connectivity index (χ1v) is 7.73. The van der Waals surface area contributed by atoms with Crippen LogP contribution in [0.15, 0.2) is 36.7 Å². The minimum absolute atomic E-state index is 0.186. The molecular weight excluding hydrogens is 278 g/mol. The maximum absolute atomic E-state index is 8.92. The van der Waals surface area contributed by atoms with E-state index in [0.717, 1.165) is 42.1 Å². The summed E-state index contributed by atoms with van der Waals surface area (Å²) in [5, 5.41) is 12.2. The van der Waals surface area contributed by atoms with Crippen LogP contribution in [-0.4, -0.2) is 40.9 Å². The van der Waals surface area contributed by atoms with Crippen LogP contribution in [0, 0.1) is 0 Å². The Labute approximate surface area is 130 Å². The maximum atomic E-state index is 8.92. The Hall–Kier alpha value is -1.98. The van der Waals surface area contributed by atoms with Crippen molar-refractivity contribution >= 4 is 0 Å². The highest BCUT2D eigenvalue weighted by atomic mass is 16.5. The lowest BCUT2D eigenvalue weighted by Crippen LogP contribution is -2.46. The number of hydrogen-bond donors (Lipinski definition) is 2. The molecule has 1 saturated heterocycles. The monoisotopic (exact) mass is 299 g/mol. The molecule has 0 aromatic carbocycles. The number of pyridine rings is 2. The number of aromatic nitrogens is 2. The van der Waals surface area contributed by atoms with Crippen molar-refractivity contribution in [2.45, 2.75) is 25.3 Å². The molecule has 2 aromatic heterocycles. The Bertz CT molecular complexity index is 614. The van der Waals surface area contributed by atoms with Crippen LogP contribution in [0.1, 0.15) is 18.5 Å². The normalized spacial score (nSPS) is 17.0. The molecule has 0 amide bonds. The van der Waals surface area contributed by atoms with Crippen molar-refractivity contribution in [2.24, 2.45) is 0 Å². The summed E-state index contributed by atoms with van der Waals surface area (Å²) in [5.41, 5.74) is 2.82. The van der Waals surface area contributed by atoms with E-state index in [9.17, 15) is 0 Å². The Morgan fingerprint density at radius 3 is 3.00 bits per heavy atom. The van der Waals surface area contributed by atoms with Gasteiger partial charge >= 0.3 is 0 Å². The molecular formula is C17H21N3O2. The summed E-state index contributed by atoms with van der Waals surface area (Å²) in [6.07, 6.45) is 6.21. The van der Waals surface area contributed by atoms with Crippen molar-refractivity contribution in [3.05, 3.63) is 42.4 Å². The van der Waals surface area contributed by atoms with E-state index in [4.69, 9.17) is 9.84 Å². The SMILES string of the molecule is OCCCc1cccc(-c2cncc(OC[C@@H]3CCN3)c2)n1. The average Bonchev–Trinajstić information content (AvgIpc) is 2.52. The van der Waals surface area contributed by atoms with E-state index < -0.39 is 0 Å². The summed E-state index contributed by atoms with van der Waals surface area (Å²) in [5.74, 6) is 0.772. The van der Waals surface area contributed by atoms with Crippen molar-refractivity contribution in [3.8, 4) is 17.0 Å². The molecule has 0 aliphatic carbocycles. The van der Waals surface area contributed by atoms with E-state index in [1.165, 1.54) is 6.42 Å². The van der Waals surface area contributed by atoms with Crippen molar-refractivity contribution in [1.82, 2.24) is 15.3 Å². The zero-order chi connectivity index (χ0) is 15.2. The van der Waals surface area contributed by atoms with Gasteiger partial charge in [-0.2, -0.15) is 0 Å². The highest BCUT2D eigenvalue weighted by Gasteiger charge is 2.16. The fraction of sp³-hybridized carbons (Fsp3) is 0.412. The quantitative estimate of drug-likeness (QED) is 0.816. The van der Waals surface area contributed by atoms with Crippen LogP contribution in [0.4, 0.5) is 0 Å². The number of aliphatic hydroxyl groups excluding tert-OH is 1. The van der Waals surface area contributed by atoms with E-state index in [2.05, 4.69) is 15.3 Å². The fourth-order valence-corrected chi connectivity index (χ4v) is 2.37. The Kier molecular flexibility index (Phi) is 4.98. The van der Waals surface area contributed by atoms with E-state index in [1.54, 1.807) is 12.4 Å². The smallest absolute Gasteiger partial charge is 0.138 e. The van der Waals surface area contributed by atoms with E-state index in [0.29, 0.717) is 12.6 Å². The molecule has 22 heavy (non-hydrogen) atoms. The van der Waals surface area contributed by atoms with E-state index in [-0.39, 0.29) is 6.61 Å². The molecule has 2 aromatic rings. The zero-order valence-corrected chi connectivity index (χ0v) is 12.5. The number of hydrogen-bond acceptors (Lipinski definition) is 5. The largest absolute Gasteiger partial charge is 0.490 e. The van der Waals surface area contributed by atoms with Gasteiger partial charge in [-0.15, -0.1) is 0 Å². The Morgan fingerprint density at radius 2 is 2.23 bits per heavy atom. The summed E-state index contributed by atoms with van der Waals surface area (Å²) >= 11 is 0. The van der Waals surface area contributed by atoms with Crippen LogP contribution in [0.2, 0.25) is 0 Å². The molecule has 116 valence electrons. The second-order valence-corrected chi connectivity index (χ2v) is 5.50. The molecule has 3 heterocycles. The van der Waals surface area contributed by atoms with Crippen LogP contribution in [0.25, 0.3) is 11.3 Å². The molecule has 1 atom stereocenters. The predicted octanol–water partition coefficient (Wildman–Crippen LogP) is 1.81. The van der Waals surface area contributed by atoms with Gasteiger partial charge in [0.1, 0.15) is 12.4 Å². The van der Waals surface area contributed by atoms with Gasteiger partial charge in [-0.25, -0.2) is 0 Å². The molecule has 0 radical (unpaired) electrons. The van der Waals surface area contributed by atoms with Crippen LogP contribution in [0.5, 0.6) is 5.75 Å². The third-order valence-corrected chi connectivity index (χ3v) is 3.78. The van der Waals surface area contributed by atoms with Crippen molar-refractivity contribution < 1.29 is 9.84 Å². The predicted molar refractivity (Wildman–Crippen MR) is 84.8 cm³/mol. The molecule has 0 unspecified atom stereocenters. The van der Waals surface area contributed by atoms with Crippen LogP contribution >= 0.6 is 0 Å². The molecule has 1 fully saturated rings. The molecule has 5 nitrogen and oxygen atoms in total. The third-order valence-electron chi connectivity index (χ3n) is 3.78. The third kappa shape index (κ3) is 3.81. The van der Waals surface area contributed by atoms with Crippen molar-refractivity contribution in [1.29, 1.82) is 0 Å². The number of aliphatic hydroxyl groups is 1. The number of nitrogens with zero attached hydrogens (tertiary/aromatic N) is 2. The van der Waals surface area contributed by atoms with Crippen LogP contribution in [-0.2, 0) is 6.42 Å². The van der Waals surface area contributed by atoms with Gasteiger partial charge in [0.25, 0.3) is 0 Å². The molecule has 3 rings (SSSR count). The molecule has 1 aliphatic heterocycles. The van der Waals surface area contributed by atoms with Gasteiger partial charge in [0.15, 0.2) is 0 Å². The molecule has 0 spiro atoms. The highest BCUT2D eigenvalue weighted by molar-refractivity contribution is 5.59. The van der Waals surface area contributed by atoms with Gasteiger partial charge in [0.2, 0.25) is 0 Å². The minimum atomic E-state index is 0.186. The molecule has 0 bridgehead atoms. The standard InChI is InChI=1S/C17H21N3O2/c21-8-2-4-14-3-1-5-17(20-14)13-9-16(11-18-10-13)22-12-15-6-7-19-15/h1,3,5,9-11,15,19,21H,2,4,6-8,12H2/t15-/m0/s1.